The summed E-state index contributed by atoms with van der Waals surface area (Å²) in [5, 5.41) is 15.0. The second kappa shape index (κ2) is 6.88. The van der Waals surface area contributed by atoms with E-state index in [4.69, 9.17) is 9.47 Å². The number of para-hydroxylation sites is 1. The summed E-state index contributed by atoms with van der Waals surface area (Å²) in [4.78, 5) is 11.2. The highest BCUT2D eigenvalue weighted by atomic mass is 79.9. The number of nitrogens with zero attached hydrogens (tertiary/aromatic N) is 1. The lowest BCUT2D eigenvalue weighted by molar-refractivity contribution is -0.384. The van der Waals surface area contributed by atoms with Crippen LogP contribution in [0.15, 0.2) is 47.0 Å². The topological polar surface area (TPSA) is 73.6 Å². The van der Waals surface area contributed by atoms with E-state index >= 15 is 0 Å². The molecule has 0 unspecified atom stereocenters. The molecule has 4 rings (SSSR count). The van der Waals surface area contributed by atoms with Crippen LogP contribution in [0.1, 0.15) is 29.5 Å². The molecule has 140 valence electrons. The molecule has 27 heavy (non-hydrogen) atoms. The zero-order valence-electron chi connectivity index (χ0n) is 14.9. The normalized spacial score (nSPS) is 22.6. The van der Waals surface area contributed by atoms with Gasteiger partial charge in [0.1, 0.15) is 5.69 Å². The smallest absolute Gasteiger partial charge is 0.292 e. The average molecular weight is 431 g/mol. The number of fused-ring (bicyclic) bond motifs is 3. The van der Waals surface area contributed by atoms with Crippen molar-refractivity contribution < 1.29 is 14.4 Å². The molecule has 0 bridgehead atoms. The third-order valence-electron chi connectivity index (χ3n) is 5.39. The van der Waals surface area contributed by atoms with Gasteiger partial charge in [0, 0.05) is 12.0 Å². The number of nitro groups is 1. The van der Waals surface area contributed by atoms with E-state index < -0.39 is 0 Å². The number of hydrogen-bond acceptors (Lipinski definition) is 5. The van der Waals surface area contributed by atoms with Crippen molar-refractivity contribution >= 4 is 27.3 Å². The van der Waals surface area contributed by atoms with Gasteiger partial charge in [-0.1, -0.05) is 24.3 Å². The number of nitrogens with one attached hydrogen (secondary N) is 1. The molecule has 7 heteroatoms. The quantitative estimate of drug-likeness (QED) is 0.409. The molecule has 0 radical (unpaired) electrons. The Morgan fingerprint density at radius 3 is 2.78 bits per heavy atom. The van der Waals surface area contributed by atoms with E-state index in [-0.39, 0.29) is 28.5 Å². The number of methoxy groups -OCH3 is 2. The Balaban J connectivity index is 1.84. The maximum absolute atomic E-state index is 11.5. The van der Waals surface area contributed by atoms with Crippen molar-refractivity contribution in [2.75, 3.05) is 19.5 Å². The summed E-state index contributed by atoms with van der Waals surface area (Å²) in [6.07, 6.45) is 5.24. The largest absolute Gasteiger partial charge is 0.493 e. The number of ether oxygens (including phenoxy) is 2. The first-order valence-electron chi connectivity index (χ1n) is 8.67. The Hall–Kier alpha value is -2.54. The number of nitro benzene ring substituents is 1. The van der Waals surface area contributed by atoms with E-state index in [1.165, 1.54) is 0 Å². The molecule has 2 aliphatic rings. The van der Waals surface area contributed by atoms with Crippen LogP contribution in [-0.4, -0.2) is 19.1 Å². The van der Waals surface area contributed by atoms with Gasteiger partial charge in [0.15, 0.2) is 11.5 Å². The maximum Gasteiger partial charge on any atom is 0.292 e. The molecular formula is C20H19BrN2O4. The minimum absolute atomic E-state index is 0.0743. The molecule has 2 aromatic rings. The molecule has 0 fully saturated rings. The first kappa shape index (κ1) is 17.9. The summed E-state index contributed by atoms with van der Waals surface area (Å²) < 4.78 is 11.7. The molecular weight excluding hydrogens is 412 g/mol. The lowest BCUT2D eigenvalue weighted by Crippen LogP contribution is -2.29. The fourth-order valence-electron chi connectivity index (χ4n) is 4.20. The predicted molar refractivity (Wildman–Crippen MR) is 107 cm³/mol. The average Bonchev–Trinajstić information content (AvgIpc) is 3.16. The van der Waals surface area contributed by atoms with Gasteiger partial charge in [-0.3, -0.25) is 10.1 Å². The number of halogens is 1. The third-order valence-corrected chi connectivity index (χ3v) is 5.98. The molecule has 1 aliphatic carbocycles. The van der Waals surface area contributed by atoms with Gasteiger partial charge in [0.25, 0.3) is 5.69 Å². The van der Waals surface area contributed by atoms with Gasteiger partial charge in [-0.05, 0) is 51.5 Å². The van der Waals surface area contributed by atoms with Crippen LogP contribution in [0.3, 0.4) is 0 Å². The van der Waals surface area contributed by atoms with Crippen molar-refractivity contribution in [1.29, 1.82) is 0 Å². The lowest BCUT2D eigenvalue weighted by atomic mass is 9.76. The third kappa shape index (κ3) is 2.86. The molecule has 0 saturated heterocycles. The van der Waals surface area contributed by atoms with Gasteiger partial charge >= 0.3 is 0 Å². The van der Waals surface area contributed by atoms with Crippen LogP contribution in [0.2, 0.25) is 0 Å². The van der Waals surface area contributed by atoms with Crippen molar-refractivity contribution in [2.45, 2.75) is 18.4 Å². The Morgan fingerprint density at radius 1 is 1.26 bits per heavy atom. The Morgan fingerprint density at radius 2 is 2.07 bits per heavy atom. The molecule has 2 aromatic carbocycles. The van der Waals surface area contributed by atoms with Gasteiger partial charge in [-0.25, -0.2) is 0 Å². The van der Waals surface area contributed by atoms with Gasteiger partial charge in [0.2, 0.25) is 0 Å². The molecule has 3 atom stereocenters. The van der Waals surface area contributed by atoms with E-state index in [1.807, 2.05) is 18.2 Å². The molecule has 1 aliphatic heterocycles. The molecule has 1 heterocycles. The highest BCUT2D eigenvalue weighted by molar-refractivity contribution is 9.10. The molecule has 1 N–H and O–H groups in total. The lowest BCUT2D eigenvalue weighted by Gasteiger charge is -2.37. The molecule has 0 saturated carbocycles. The highest BCUT2D eigenvalue weighted by Crippen LogP contribution is 2.53. The van der Waals surface area contributed by atoms with Crippen molar-refractivity contribution in [3.05, 3.63) is 68.2 Å². The molecule has 0 aromatic heterocycles. The van der Waals surface area contributed by atoms with Gasteiger partial charge in [0.05, 0.1) is 29.7 Å². The maximum atomic E-state index is 11.5. The fraction of sp³-hybridized carbons (Fsp3) is 0.300. The first-order valence-corrected chi connectivity index (χ1v) is 9.46. The second-order valence-electron chi connectivity index (χ2n) is 6.71. The van der Waals surface area contributed by atoms with Crippen LogP contribution in [-0.2, 0) is 0 Å². The monoisotopic (exact) mass is 430 g/mol. The minimum atomic E-state index is -0.327. The van der Waals surface area contributed by atoms with Crippen LogP contribution < -0.4 is 14.8 Å². The van der Waals surface area contributed by atoms with Crippen molar-refractivity contribution in [2.24, 2.45) is 5.92 Å². The molecule has 0 spiro atoms. The Kier molecular flexibility index (Phi) is 4.55. The first-order chi connectivity index (χ1) is 13.0. The van der Waals surface area contributed by atoms with E-state index in [2.05, 4.69) is 33.4 Å². The molecule has 0 amide bonds. The van der Waals surface area contributed by atoms with Crippen molar-refractivity contribution in [3.63, 3.8) is 0 Å². The minimum Gasteiger partial charge on any atom is -0.493 e. The van der Waals surface area contributed by atoms with Crippen LogP contribution >= 0.6 is 15.9 Å². The molecule has 6 nitrogen and oxygen atoms in total. The van der Waals surface area contributed by atoms with Crippen molar-refractivity contribution in [3.8, 4) is 11.5 Å². The zero-order chi connectivity index (χ0) is 19.1. The zero-order valence-corrected chi connectivity index (χ0v) is 16.5. The SMILES string of the molecule is COc1cc([C@@H]2Nc3c(cccc3[N+](=O)[O-])[C@H]3C=CC[C@@H]32)cc(Br)c1OC. The second-order valence-corrected chi connectivity index (χ2v) is 7.57. The number of hydrogen-bond donors (Lipinski definition) is 1. The van der Waals surface area contributed by atoms with E-state index in [0.29, 0.717) is 17.2 Å². The number of benzene rings is 2. The summed E-state index contributed by atoms with van der Waals surface area (Å²) in [6, 6.07) is 9.14. The predicted octanol–water partition coefficient (Wildman–Crippen LogP) is 5.20. The number of allylic oxidation sites excluding steroid dienone is 2. The van der Waals surface area contributed by atoms with Crippen LogP contribution in [0, 0.1) is 16.0 Å². The van der Waals surface area contributed by atoms with E-state index in [9.17, 15) is 10.1 Å². The summed E-state index contributed by atoms with van der Waals surface area (Å²) >= 11 is 3.55. The summed E-state index contributed by atoms with van der Waals surface area (Å²) in [6.45, 7) is 0. The van der Waals surface area contributed by atoms with Gasteiger partial charge in [-0.15, -0.1) is 0 Å². The Bertz CT molecular complexity index is 944. The summed E-state index contributed by atoms with van der Waals surface area (Å²) in [5.41, 5.74) is 2.70. The van der Waals surface area contributed by atoms with E-state index in [0.717, 1.165) is 22.0 Å². The Labute approximate surface area is 165 Å². The summed E-state index contributed by atoms with van der Waals surface area (Å²) in [7, 11) is 3.19. The van der Waals surface area contributed by atoms with Crippen molar-refractivity contribution in [1.82, 2.24) is 0 Å². The standard InChI is InChI=1S/C20H19BrN2O4/c1-26-17-10-11(9-15(21)20(17)27-2)18-13-6-3-5-12(13)14-7-4-8-16(23(24)25)19(14)22-18/h3-5,7-10,12-13,18,22H,6H2,1-2H3/t12-,13-,18-/m0/s1. The highest BCUT2D eigenvalue weighted by Gasteiger charge is 2.40. The van der Waals surface area contributed by atoms with Crippen LogP contribution in [0.5, 0.6) is 11.5 Å². The van der Waals surface area contributed by atoms with E-state index in [1.54, 1.807) is 26.4 Å². The van der Waals surface area contributed by atoms with Crippen LogP contribution in [0.25, 0.3) is 0 Å². The summed E-state index contributed by atoms with van der Waals surface area (Å²) in [5.74, 6) is 1.69. The van der Waals surface area contributed by atoms with Crippen LogP contribution in [0.4, 0.5) is 11.4 Å². The number of anilines is 1. The van der Waals surface area contributed by atoms with Gasteiger partial charge < -0.3 is 14.8 Å². The fourth-order valence-corrected chi connectivity index (χ4v) is 4.83. The number of rotatable bonds is 4. The van der Waals surface area contributed by atoms with Gasteiger partial charge in [-0.2, -0.15) is 0 Å².